The molecule has 3 heterocycles. The maximum absolute atomic E-state index is 13.0. The van der Waals surface area contributed by atoms with Gasteiger partial charge in [0.05, 0.1) is 11.0 Å². The summed E-state index contributed by atoms with van der Waals surface area (Å²) in [5, 5.41) is 3.03. The van der Waals surface area contributed by atoms with E-state index in [9.17, 15) is 4.79 Å². The lowest BCUT2D eigenvalue weighted by Gasteiger charge is -2.36. The quantitative estimate of drug-likeness (QED) is 0.725. The van der Waals surface area contributed by atoms with E-state index in [0.29, 0.717) is 0 Å². The van der Waals surface area contributed by atoms with Gasteiger partial charge in [-0.1, -0.05) is 12.1 Å². The number of aromatic nitrogens is 3. The number of piperazine rings is 1. The van der Waals surface area contributed by atoms with E-state index < -0.39 is 0 Å². The van der Waals surface area contributed by atoms with Crippen LogP contribution >= 0.6 is 11.3 Å². The molecule has 1 atom stereocenters. The van der Waals surface area contributed by atoms with Crippen molar-refractivity contribution in [1.29, 1.82) is 0 Å². The van der Waals surface area contributed by atoms with Crippen LogP contribution in [0.3, 0.4) is 0 Å². The minimum Gasteiger partial charge on any atom is -0.345 e. The highest BCUT2D eigenvalue weighted by Gasteiger charge is 2.28. The standard InChI is InChI=1S/C18H21N5OS/c1-13(23-14(2)20-15-5-3-4-6-16(15)23)17(24)21-8-10-22(11-9-21)18-19-7-12-25-18/h3-7,12-13H,8-11H2,1-2H3/t13-/m1/s1. The number of carbonyl (C=O) groups is 1. The fourth-order valence-electron chi connectivity index (χ4n) is 3.52. The van der Waals surface area contributed by atoms with Gasteiger partial charge in [-0.05, 0) is 26.0 Å². The number of hydrogen-bond donors (Lipinski definition) is 0. The number of thiazole rings is 1. The third kappa shape index (κ3) is 2.89. The molecule has 0 N–H and O–H groups in total. The van der Waals surface area contributed by atoms with E-state index in [1.54, 1.807) is 11.3 Å². The van der Waals surface area contributed by atoms with Gasteiger partial charge in [0, 0.05) is 37.8 Å². The third-order valence-corrected chi connectivity index (χ3v) is 5.63. The molecule has 0 saturated carbocycles. The molecular formula is C18H21N5OS. The number of benzene rings is 1. The maximum atomic E-state index is 13.0. The first kappa shape index (κ1) is 16.1. The van der Waals surface area contributed by atoms with E-state index in [-0.39, 0.29) is 11.9 Å². The summed E-state index contributed by atoms with van der Waals surface area (Å²) in [5.74, 6) is 1.04. The Balaban J connectivity index is 1.50. The smallest absolute Gasteiger partial charge is 0.245 e. The van der Waals surface area contributed by atoms with Crippen LogP contribution in [0.25, 0.3) is 11.0 Å². The van der Waals surface area contributed by atoms with Crippen LogP contribution in [-0.2, 0) is 4.79 Å². The molecular weight excluding hydrogens is 334 g/mol. The Kier molecular flexibility index (Phi) is 4.17. The number of imidazole rings is 1. The molecule has 130 valence electrons. The highest BCUT2D eigenvalue weighted by Crippen LogP contribution is 2.24. The Labute approximate surface area is 150 Å². The second-order valence-electron chi connectivity index (χ2n) is 6.32. The first-order valence-electron chi connectivity index (χ1n) is 8.52. The molecule has 6 nitrogen and oxygen atoms in total. The lowest BCUT2D eigenvalue weighted by molar-refractivity contribution is -0.134. The predicted octanol–water partition coefficient (Wildman–Crippen LogP) is 2.71. The van der Waals surface area contributed by atoms with Crippen molar-refractivity contribution in [2.24, 2.45) is 0 Å². The number of anilines is 1. The first-order chi connectivity index (χ1) is 12.1. The van der Waals surface area contributed by atoms with Gasteiger partial charge in [0.15, 0.2) is 5.13 Å². The molecule has 25 heavy (non-hydrogen) atoms. The van der Waals surface area contributed by atoms with E-state index >= 15 is 0 Å². The number of hydrogen-bond acceptors (Lipinski definition) is 5. The van der Waals surface area contributed by atoms with Crippen LogP contribution in [0.4, 0.5) is 5.13 Å². The summed E-state index contributed by atoms with van der Waals surface area (Å²) < 4.78 is 2.05. The van der Waals surface area contributed by atoms with Gasteiger partial charge in [-0.3, -0.25) is 4.79 Å². The van der Waals surface area contributed by atoms with Gasteiger partial charge in [-0.25, -0.2) is 9.97 Å². The summed E-state index contributed by atoms with van der Waals surface area (Å²) in [6.45, 7) is 7.05. The molecule has 1 aliphatic heterocycles. The number of fused-ring (bicyclic) bond motifs is 1. The Morgan fingerprint density at radius 3 is 2.68 bits per heavy atom. The van der Waals surface area contributed by atoms with Crippen LogP contribution in [0.5, 0.6) is 0 Å². The number of amides is 1. The maximum Gasteiger partial charge on any atom is 0.245 e. The van der Waals surface area contributed by atoms with Crippen molar-refractivity contribution in [3.05, 3.63) is 41.7 Å². The van der Waals surface area contributed by atoms with E-state index in [4.69, 9.17) is 0 Å². The summed E-state index contributed by atoms with van der Waals surface area (Å²) in [5.41, 5.74) is 1.95. The van der Waals surface area contributed by atoms with Crippen LogP contribution in [0, 0.1) is 6.92 Å². The van der Waals surface area contributed by atoms with Gasteiger partial charge in [-0.2, -0.15) is 0 Å². The molecule has 1 fully saturated rings. The predicted molar refractivity (Wildman–Crippen MR) is 100 cm³/mol. The Morgan fingerprint density at radius 2 is 1.96 bits per heavy atom. The molecule has 1 aliphatic rings. The molecule has 1 amide bonds. The lowest BCUT2D eigenvalue weighted by Crippen LogP contribution is -2.50. The average molecular weight is 355 g/mol. The van der Waals surface area contributed by atoms with Crippen molar-refractivity contribution in [1.82, 2.24) is 19.4 Å². The first-order valence-corrected chi connectivity index (χ1v) is 9.40. The molecule has 4 rings (SSSR count). The zero-order chi connectivity index (χ0) is 17.4. The van der Waals surface area contributed by atoms with Gasteiger partial charge in [0.2, 0.25) is 5.91 Å². The van der Waals surface area contributed by atoms with Crippen molar-refractivity contribution in [3.63, 3.8) is 0 Å². The minimum absolute atomic E-state index is 0.157. The average Bonchev–Trinajstić information content (AvgIpc) is 3.27. The fourth-order valence-corrected chi connectivity index (χ4v) is 4.22. The molecule has 0 aliphatic carbocycles. The third-order valence-electron chi connectivity index (χ3n) is 4.80. The molecule has 2 aromatic heterocycles. The number of para-hydroxylation sites is 2. The zero-order valence-corrected chi connectivity index (χ0v) is 15.2. The lowest BCUT2D eigenvalue weighted by atomic mass is 10.2. The number of carbonyl (C=O) groups excluding carboxylic acids is 1. The van der Waals surface area contributed by atoms with Crippen LogP contribution in [0.15, 0.2) is 35.8 Å². The molecule has 3 aromatic rings. The largest absolute Gasteiger partial charge is 0.345 e. The molecule has 0 spiro atoms. The summed E-state index contributed by atoms with van der Waals surface area (Å²) in [6, 6.07) is 7.73. The van der Waals surface area contributed by atoms with Crippen molar-refractivity contribution in [3.8, 4) is 0 Å². The van der Waals surface area contributed by atoms with Crippen LogP contribution < -0.4 is 4.90 Å². The summed E-state index contributed by atoms with van der Waals surface area (Å²) in [6.07, 6.45) is 1.83. The number of nitrogens with zero attached hydrogens (tertiary/aromatic N) is 5. The van der Waals surface area contributed by atoms with Gasteiger partial charge in [-0.15, -0.1) is 11.3 Å². The van der Waals surface area contributed by atoms with Crippen molar-refractivity contribution in [2.45, 2.75) is 19.9 Å². The molecule has 1 saturated heterocycles. The van der Waals surface area contributed by atoms with Crippen LogP contribution in [0.1, 0.15) is 18.8 Å². The SMILES string of the molecule is Cc1nc2ccccc2n1[C@H](C)C(=O)N1CCN(c2nccs2)CC1. The van der Waals surface area contributed by atoms with Gasteiger partial charge < -0.3 is 14.4 Å². The second kappa shape index (κ2) is 6.48. The Hall–Kier alpha value is -2.41. The summed E-state index contributed by atoms with van der Waals surface area (Å²) in [7, 11) is 0. The molecule has 7 heteroatoms. The Morgan fingerprint density at radius 1 is 1.20 bits per heavy atom. The normalized spacial score (nSPS) is 16.4. The second-order valence-corrected chi connectivity index (χ2v) is 7.19. The van der Waals surface area contributed by atoms with Crippen molar-refractivity contribution in [2.75, 3.05) is 31.1 Å². The minimum atomic E-state index is -0.251. The summed E-state index contributed by atoms with van der Waals surface area (Å²) >= 11 is 1.65. The summed E-state index contributed by atoms with van der Waals surface area (Å²) in [4.78, 5) is 26.2. The molecule has 0 bridgehead atoms. The highest BCUT2D eigenvalue weighted by molar-refractivity contribution is 7.13. The van der Waals surface area contributed by atoms with Crippen LogP contribution in [-0.4, -0.2) is 51.5 Å². The molecule has 0 unspecified atom stereocenters. The van der Waals surface area contributed by atoms with Gasteiger partial charge in [0.25, 0.3) is 0 Å². The van der Waals surface area contributed by atoms with E-state index in [1.165, 1.54) is 0 Å². The zero-order valence-electron chi connectivity index (χ0n) is 14.4. The Bertz CT molecular complexity index is 880. The number of rotatable bonds is 3. The van der Waals surface area contributed by atoms with E-state index in [1.807, 2.05) is 59.2 Å². The number of aryl methyl sites for hydroxylation is 1. The highest BCUT2D eigenvalue weighted by atomic mass is 32.1. The monoisotopic (exact) mass is 355 g/mol. The topological polar surface area (TPSA) is 54.3 Å². The van der Waals surface area contributed by atoms with Crippen molar-refractivity contribution < 1.29 is 4.79 Å². The van der Waals surface area contributed by atoms with E-state index in [0.717, 1.165) is 48.2 Å². The molecule has 1 aromatic carbocycles. The molecule has 0 radical (unpaired) electrons. The van der Waals surface area contributed by atoms with Crippen LogP contribution in [0.2, 0.25) is 0 Å². The van der Waals surface area contributed by atoms with Gasteiger partial charge in [0.1, 0.15) is 11.9 Å². The van der Waals surface area contributed by atoms with E-state index in [2.05, 4.69) is 14.9 Å². The van der Waals surface area contributed by atoms with Gasteiger partial charge >= 0.3 is 0 Å². The van der Waals surface area contributed by atoms with Crippen molar-refractivity contribution >= 4 is 33.4 Å². The fraction of sp³-hybridized carbons (Fsp3) is 0.389.